The van der Waals surface area contributed by atoms with Gasteiger partial charge < -0.3 is 4.98 Å². The van der Waals surface area contributed by atoms with Crippen LogP contribution in [0.3, 0.4) is 0 Å². The van der Waals surface area contributed by atoms with Crippen molar-refractivity contribution < 1.29 is 0 Å². The Labute approximate surface area is 162 Å². The number of rotatable bonds is 6. The first-order valence-electron chi connectivity index (χ1n) is 10.1. The Bertz CT molecular complexity index is 1020. The molecule has 0 aliphatic rings. The largest absolute Gasteiger partial charge is 0.354 e. The maximum absolute atomic E-state index is 3.67. The van der Waals surface area contributed by atoms with Gasteiger partial charge in [-0.15, -0.1) is 0 Å². The second-order valence-corrected chi connectivity index (χ2v) is 7.31. The lowest BCUT2D eigenvalue weighted by atomic mass is 9.96. The van der Waals surface area contributed by atoms with Gasteiger partial charge in [-0.3, -0.25) is 0 Å². The summed E-state index contributed by atoms with van der Waals surface area (Å²) in [6.45, 7) is 4.46. The van der Waals surface area contributed by atoms with Crippen LogP contribution >= 0.6 is 0 Å². The van der Waals surface area contributed by atoms with Gasteiger partial charge in [0.25, 0.3) is 0 Å². The molecule has 4 aromatic rings. The van der Waals surface area contributed by atoms with Crippen molar-refractivity contribution in [2.24, 2.45) is 0 Å². The number of aromatic amines is 1. The highest BCUT2D eigenvalue weighted by atomic mass is 14.7. The molecule has 3 aromatic carbocycles. The van der Waals surface area contributed by atoms with Crippen LogP contribution in [-0.4, -0.2) is 4.98 Å². The summed E-state index contributed by atoms with van der Waals surface area (Å²) in [6.07, 6.45) is 4.64. The highest BCUT2D eigenvalue weighted by molar-refractivity contribution is 6.03. The second-order valence-electron chi connectivity index (χ2n) is 7.31. The van der Waals surface area contributed by atoms with Gasteiger partial charge in [-0.1, -0.05) is 93.4 Å². The number of benzene rings is 3. The lowest BCUT2D eigenvalue weighted by molar-refractivity contribution is 0.922. The first kappa shape index (κ1) is 17.6. The molecule has 0 aliphatic heterocycles. The monoisotopic (exact) mass is 353 g/mol. The molecule has 1 aromatic heterocycles. The number of hydrogen-bond acceptors (Lipinski definition) is 0. The van der Waals surface area contributed by atoms with Crippen LogP contribution in [0, 0.1) is 0 Å². The van der Waals surface area contributed by atoms with E-state index in [0.717, 1.165) is 12.8 Å². The molecule has 0 saturated carbocycles. The molecule has 1 N–H and O–H groups in total. The molecule has 0 radical (unpaired) electrons. The Morgan fingerprint density at radius 1 is 0.630 bits per heavy atom. The van der Waals surface area contributed by atoms with Crippen LogP contribution in [0.4, 0.5) is 0 Å². The van der Waals surface area contributed by atoms with Gasteiger partial charge in [-0.05, 0) is 41.2 Å². The van der Waals surface area contributed by atoms with Gasteiger partial charge in [0.05, 0.1) is 5.69 Å². The van der Waals surface area contributed by atoms with Gasteiger partial charge in [0.15, 0.2) is 0 Å². The number of H-pyrrole nitrogens is 1. The van der Waals surface area contributed by atoms with Crippen molar-refractivity contribution >= 4 is 10.9 Å². The molecule has 0 amide bonds. The van der Waals surface area contributed by atoms with Gasteiger partial charge in [-0.2, -0.15) is 0 Å². The Morgan fingerprint density at radius 2 is 1.19 bits per heavy atom. The van der Waals surface area contributed by atoms with Crippen LogP contribution in [0.5, 0.6) is 0 Å². The molecule has 0 fully saturated rings. The number of nitrogens with one attached hydrogen (secondary N) is 1. The average Bonchev–Trinajstić information content (AvgIpc) is 3.09. The van der Waals surface area contributed by atoms with Crippen molar-refractivity contribution in [3.63, 3.8) is 0 Å². The molecule has 0 atom stereocenters. The highest BCUT2D eigenvalue weighted by Gasteiger charge is 2.14. The van der Waals surface area contributed by atoms with E-state index in [-0.39, 0.29) is 0 Å². The van der Waals surface area contributed by atoms with Crippen molar-refractivity contribution in [3.8, 4) is 22.4 Å². The van der Waals surface area contributed by atoms with E-state index >= 15 is 0 Å². The topological polar surface area (TPSA) is 15.8 Å². The molecule has 0 saturated heterocycles. The normalized spacial score (nSPS) is 11.2. The fourth-order valence-electron chi connectivity index (χ4n) is 3.91. The minimum absolute atomic E-state index is 1.14. The molecule has 136 valence electrons. The summed E-state index contributed by atoms with van der Waals surface area (Å²) in [7, 11) is 0. The van der Waals surface area contributed by atoms with Gasteiger partial charge >= 0.3 is 0 Å². The summed E-state index contributed by atoms with van der Waals surface area (Å²) in [5.41, 5.74) is 9.05. The molecule has 1 heterocycles. The van der Waals surface area contributed by atoms with Crippen molar-refractivity contribution in [1.82, 2.24) is 4.98 Å². The fourth-order valence-corrected chi connectivity index (χ4v) is 3.91. The quantitative estimate of drug-likeness (QED) is 0.371. The number of aryl methyl sites for hydroxylation is 2. The van der Waals surface area contributed by atoms with Crippen LogP contribution in [-0.2, 0) is 12.8 Å². The van der Waals surface area contributed by atoms with E-state index < -0.39 is 0 Å². The fraction of sp³-hybridized carbons (Fsp3) is 0.231. The van der Waals surface area contributed by atoms with Crippen molar-refractivity contribution in [2.75, 3.05) is 0 Å². The third-order valence-electron chi connectivity index (χ3n) is 5.27. The Balaban J connectivity index is 1.84. The van der Waals surface area contributed by atoms with Crippen LogP contribution in [0.15, 0.2) is 72.8 Å². The summed E-state index contributed by atoms with van der Waals surface area (Å²) in [5.74, 6) is 0. The minimum Gasteiger partial charge on any atom is -0.354 e. The number of fused-ring (bicyclic) bond motifs is 1. The summed E-state index contributed by atoms with van der Waals surface area (Å²) < 4.78 is 0. The molecule has 1 nitrogen and oxygen atoms in total. The third-order valence-corrected chi connectivity index (χ3v) is 5.27. The maximum atomic E-state index is 3.67. The zero-order valence-corrected chi connectivity index (χ0v) is 16.3. The molecule has 0 spiro atoms. The molecule has 0 bridgehead atoms. The lowest BCUT2D eigenvalue weighted by Gasteiger charge is -2.08. The third kappa shape index (κ3) is 3.55. The standard InChI is InChI=1S/C26H27N/c1-3-7-19-11-15-21(16-12-19)25-23-9-5-6-10-24(23)27-26(25)22-17-13-20(8-4-2)14-18-22/h5-6,9-18,27H,3-4,7-8H2,1-2H3. The SMILES string of the molecule is CCCc1ccc(-c2[nH]c3ccccc3c2-c2ccc(CCC)cc2)cc1. The number of aromatic nitrogens is 1. The summed E-state index contributed by atoms with van der Waals surface area (Å²) >= 11 is 0. The van der Waals surface area contributed by atoms with E-state index in [1.54, 1.807) is 0 Å². The van der Waals surface area contributed by atoms with Crippen LogP contribution in [0.25, 0.3) is 33.3 Å². The van der Waals surface area contributed by atoms with E-state index in [1.165, 1.54) is 57.3 Å². The van der Waals surface area contributed by atoms with Crippen molar-refractivity contribution in [2.45, 2.75) is 39.5 Å². The molecule has 0 unspecified atom stereocenters. The molecular weight excluding hydrogens is 326 g/mol. The number of hydrogen-bond donors (Lipinski definition) is 1. The molecule has 0 aliphatic carbocycles. The second kappa shape index (κ2) is 7.84. The predicted octanol–water partition coefficient (Wildman–Crippen LogP) is 7.41. The Kier molecular flexibility index (Phi) is 5.11. The Hall–Kier alpha value is -2.80. The first-order valence-corrected chi connectivity index (χ1v) is 10.1. The van der Waals surface area contributed by atoms with E-state index in [0.29, 0.717) is 0 Å². The molecular formula is C26H27N. The highest BCUT2D eigenvalue weighted by Crippen LogP contribution is 2.38. The molecule has 4 rings (SSSR count). The van der Waals surface area contributed by atoms with Crippen LogP contribution in [0.1, 0.15) is 37.8 Å². The summed E-state index contributed by atoms with van der Waals surface area (Å²) in [4.78, 5) is 3.67. The smallest absolute Gasteiger partial charge is 0.0544 e. The van der Waals surface area contributed by atoms with Gasteiger partial charge in [0.1, 0.15) is 0 Å². The average molecular weight is 354 g/mol. The maximum Gasteiger partial charge on any atom is 0.0544 e. The zero-order chi connectivity index (χ0) is 18.6. The first-order chi connectivity index (χ1) is 13.3. The molecule has 1 heteroatoms. The van der Waals surface area contributed by atoms with Crippen molar-refractivity contribution in [1.29, 1.82) is 0 Å². The van der Waals surface area contributed by atoms with Crippen molar-refractivity contribution in [3.05, 3.63) is 83.9 Å². The number of para-hydroxylation sites is 1. The van der Waals surface area contributed by atoms with Gasteiger partial charge in [0.2, 0.25) is 0 Å². The molecule has 27 heavy (non-hydrogen) atoms. The van der Waals surface area contributed by atoms with Crippen LogP contribution in [0.2, 0.25) is 0 Å². The minimum atomic E-state index is 1.14. The zero-order valence-electron chi connectivity index (χ0n) is 16.3. The van der Waals surface area contributed by atoms with E-state index in [9.17, 15) is 0 Å². The summed E-state index contributed by atoms with van der Waals surface area (Å²) in [6, 6.07) is 26.7. The lowest BCUT2D eigenvalue weighted by Crippen LogP contribution is -1.87. The van der Waals surface area contributed by atoms with E-state index in [4.69, 9.17) is 0 Å². The summed E-state index contributed by atoms with van der Waals surface area (Å²) in [5, 5.41) is 1.29. The van der Waals surface area contributed by atoms with Crippen LogP contribution < -0.4 is 0 Å². The van der Waals surface area contributed by atoms with E-state index in [2.05, 4.69) is 91.6 Å². The predicted molar refractivity (Wildman–Crippen MR) is 117 cm³/mol. The van der Waals surface area contributed by atoms with Gasteiger partial charge in [-0.25, -0.2) is 0 Å². The Morgan fingerprint density at radius 3 is 1.78 bits per heavy atom. The van der Waals surface area contributed by atoms with Gasteiger partial charge in [0, 0.05) is 16.5 Å². The van der Waals surface area contributed by atoms with E-state index in [1.807, 2.05) is 0 Å².